The summed E-state index contributed by atoms with van der Waals surface area (Å²) in [6.07, 6.45) is 1.66. The third kappa shape index (κ3) is 4.61. The number of fused-ring (bicyclic) bond motifs is 1. The summed E-state index contributed by atoms with van der Waals surface area (Å²) in [4.78, 5) is 29.7. The van der Waals surface area contributed by atoms with E-state index in [1.807, 2.05) is 12.1 Å². The molecule has 0 bridgehead atoms. The molecule has 3 amide bonds. The van der Waals surface area contributed by atoms with Crippen molar-refractivity contribution in [3.8, 4) is 0 Å². The third-order valence-corrected chi connectivity index (χ3v) is 8.18. The first-order valence-electron chi connectivity index (χ1n) is 10.6. The van der Waals surface area contributed by atoms with Gasteiger partial charge in [-0.2, -0.15) is 0 Å². The predicted octanol–water partition coefficient (Wildman–Crippen LogP) is 3.39. The van der Waals surface area contributed by atoms with E-state index in [-0.39, 0.29) is 22.6 Å². The van der Waals surface area contributed by atoms with E-state index in [1.54, 1.807) is 53.2 Å². The lowest BCUT2D eigenvalue weighted by Crippen LogP contribution is -2.50. The van der Waals surface area contributed by atoms with Gasteiger partial charge in [0.2, 0.25) is 5.91 Å². The monoisotopic (exact) mass is 475 g/mol. The van der Waals surface area contributed by atoms with E-state index in [1.165, 1.54) is 0 Å². The molecule has 4 rings (SSSR count). The number of benzene rings is 2. The maximum atomic E-state index is 13.1. The van der Waals surface area contributed by atoms with Gasteiger partial charge in [-0.3, -0.25) is 4.79 Å². The van der Waals surface area contributed by atoms with Gasteiger partial charge in [0.1, 0.15) is 6.04 Å². The number of rotatable bonds is 4. The highest BCUT2D eigenvalue weighted by atomic mass is 35.5. The summed E-state index contributed by atoms with van der Waals surface area (Å²) in [6.45, 7) is 0.916. The maximum Gasteiger partial charge on any atom is 0.318 e. The van der Waals surface area contributed by atoms with Gasteiger partial charge >= 0.3 is 6.03 Å². The molecule has 2 aliphatic heterocycles. The number of nitrogens with one attached hydrogen (secondary N) is 1. The number of carbonyl (C=O) groups excluding carboxylic acids is 2. The predicted molar refractivity (Wildman–Crippen MR) is 122 cm³/mol. The van der Waals surface area contributed by atoms with Crippen LogP contribution in [0.1, 0.15) is 36.4 Å². The quantitative estimate of drug-likeness (QED) is 0.734. The Balaban J connectivity index is 1.44. The first-order valence-corrected chi connectivity index (χ1v) is 12.7. The first-order chi connectivity index (χ1) is 15.3. The van der Waals surface area contributed by atoms with E-state index < -0.39 is 21.9 Å². The largest absolute Gasteiger partial charge is 0.340 e. The van der Waals surface area contributed by atoms with Crippen LogP contribution in [0.5, 0.6) is 0 Å². The van der Waals surface area contributed by atoms with Crippen LogP contribution in [0.4, 0.5) is 4.79 Å². The first kappa shape index (κ1) is 22.6. The number of hydrogen-bond donors (Lipinski definition) is 1. The molecule has 0 spiro atoms. The summed E-state index contributed by atoms with van der Waals surface area (Å²) in [6, 6.07) is 12.8. The minimum Gasteiger partial charge on any atom is -0.340 e. The van der Waals surface area contributed by atoms with Crippen molar-refractivity contribution in [2.75, 3.05) is 19.3 Å². The second kappa shape index (κ2) is 9.11. The van der Waals surface area contributed by atoms with Gasteiger partial charge in [-0.25, -0.2) is 13.2 Å². The van der Waals surface area contributed by atoms with Crippen LogP contribution in [0.15, 0.2) is 53.4 Å². The molecular formula is C23H26ClN3O4S. The van der Waals surface area contributed by atoms with E-state index in [2.05, 4.69) is 5.32 Å². The summed E-state index contributed by atoms with van der Waals surface area (Å²) in [5.74, 6) is -0.125. The number of urea groups is 1. The molecule has 2 heterocycles. The molecule has 2 atom stereocenters. The van der Waals surface area contributed by atoms with Gasteiger partial charge in [0.15, 0.2) is 9.84 Å². The van der Waals surface area contributed by atoms with Gasteiger partial charge in [0, 0.05) is 25.2 Å². The van der Waals surface area contributed by atoms with Gasteiger partial charge < -0.3 is 15.1 Å². The zero-order chi connectivity index (χ0) is 22.9. The van der Waals surface area contributed by atoms with Crippen molar-refractivity contribution in [3.05, 3.63) is 64.7 Å². The van der Waals surface area contributed by atoms with E-state index in [9.17, 15) is 18.0 Å². The van der Waals surface area contributed by atoms with Gasteiger partial charge in [0.05, 0.1) is 16.7 Å². The average molecular weight is 476 g/mol. The number of carbonyl (C=O) groups is 2. The molecule has 0 aliphatic carbocycles. The second-order valence-electron chi connectivity index (χ2n) is 8.32. The molecule has 2 aromatic carbocycles. The van der Waals surface area contributed by atoms with E-state index in [0.717, 1.165) is 12.0 Å². The fraction of sp³-hybridized carbons (Fsp3) is 0.391. The van der Waals surface area contributed by atoms with Crippen LogP contribution in [0.25, 0.3) is 0 Å². The van der Waals surface area contributed by atoms with E-state index in [4.69, 9.17) is 11.6 Å². The van der Waals surface area contributed by atoms with Crippen LogP contribution < -0.4 is 5.32 Å². The summed E-state index contributed by atoms with van der Waals surface area (Å²) in [5, 5.41) is 3.61. The normalized spacial score (nSPS) is 21.6. The van der Waals surface area contributed by atoms with Crippen LogP contribution in [-0.4, -0.2) is 55.5 Å². The number of likely N-dealkylation sites (tertiary alicyclic amines) is 1. The van der Waals surface area contributed by atoms with Crippen LogP contribution in [-0.2, 0) is 21.2 Å². The van der Waals surface area contributed by atoms with Crippen molar-refractivity contribution >= 4 is 33.4 Å². The Labute approximate surface area is 193 Å². The average Bonchev–Trinajstić information content (AvgIpc) is 3.27. The van der Waals surface area contributed by atoms with Gasteiger partial charge in [-0.05, 0) is 48.6 Å². The smallest absolute Gasteiger partial charge is 0.318 e. The Hall–Kier alpha value is -2.58. The Bertz CT molecular complexity index is 1120. The number of nitrogens with zero attached hydrogens (tertiary/aromatic N) is 2. The van der Waals surface area contributed by atoms with Crippen LogP contribution >= 0.6 is 11.6 Å². The fourth-order valence-electron chi connectivity index (χ4n) is 4.43. The molecule has 1 saturated heterocycles. The van der Waals surface area contributed by atoms with Crippen LogP contribution in [0.2, 0.25) is 5.02 Å². The molecule has 7 nitrogen and oxygen atoms in total. The molecule has 32 heavy (non-hydrogen) atoms. The zero-order valence-electron chi connectivity index (χ0n) is 17.8. The zero-order valence-corrected chi connectivity index (χ0v) is 19.4. The topological polar surface area (TPSA) is 86.8 Å². The molecule has 0 radical (unpaired) electrons. The molecule has 2 aromatic rings. The lowest BCUT2D eigenvalue weighted by Gasteiger charge is -2.31. The molecule has 0 saturated carbocycles. The van der Waals surface area contributed by atoms with E-state index >= 15 is 0 Å². The fourth-order valence-corrected chi connectivity index (χ4v) is 6.18. The Morgan fingerprint density at radius 2 is 1.84 bits per heavy atom. The highest BCUT2D eigenvalue weighted by Crippen LogP contribution is 2.32. The Kier molecular flexibility index (Phi) is 6.44. The number of hydrogen-bond acceptors (Lipinski definition) is 4. The van der Waals surface area contributed by atoms with Crippen molar-refractivity contribution < 1.29 is 18.0 Å². The lowest BCUT2D eigenvalue weighted by atomic mass is 10.0. The minimum absolute atomic E-state index is 0.0127. The highest BCUT2D eigenvalue weighted by Gasteiger charge is 2.38. The summed E-state index contributed by atoms with van der Waals surface area (Å²) in [5.41, 5.74) is 1.56. The number of likely N-dealkylation sites (N-methyl/N-ethyl adjacent to an activating group) is 1. The number of sulfone groups is 1. The summed E-state index contributed by atoms with van der Waals surface area (Å²) < 4.78 is 24.7. The van der Waals surface area contributed by atoms with Crippen LogP contribution in [0.3, 0.4) is 0 Å². The SMILES string of the molecule is CN(Cc1ccc(Cl)cc1)C(=O)C1CCCN1C(=O)NC1CCS(=O)(=O)c2ccccc21. The summed E-state index contributed by atoms with van der Waals surface area (Å²) in [7, 11) is -1.60. The molecule has 1 fully saturated rings. The van der Waals surface area contributed by atoms with Gasteiger partial charge in [-0.15, -0.1) is 0 Å². The second-order valence-corrected chi connectivity index (χ2v) is 10.8. The highest BCUT2D eigenvalue weighted by molar-refractivity contribution is 7.91. The van der Waals surface area contributed by atoms with Gasteiger partial charge in [0.25, 0.3) is 0 Å². The molecule has 2 unspecified atom stereocenters. The molecule has 2 aliphatic rings. The third-order valence-electron chi connectivity index (χ3n) is 6.11. The van der Waals surface area contributed by atoms with Crippen LogP contribution in [0, 0.1) is 0 Å². The van der Waals surface area contributed by atoms with E-state index in [0.29, 0.717) is 36.5 Å². The van der Waals surface area contributed by atoms with Crippen molar-refractivity contribution in [1.29, 1.82) is 0 Å². The Morgan fingerprint density at radius 1 is 1.12 bits per heavy atom. The molecule has 0 aromatic heterocycles. The Morgan fingerprint density at radius 3 is 2.59 bits per heavy atom. The van der Waals surface area contributed by atoms with Gasteiger partial charge in [-0.1, -0.05) is 41.9 Å². The standard InChI is InChI=1S/C23H26ClN3O4S/c1-26(15-16-8-10-17(24)11-9-16)22(28)20-6-4-13-27(20)23(29)25-19-12-14-32(30,31)21-7-3-2-5-18(19)21/h2-3,5,7-11,19-20H,4,6,12-15H2,1H3,(H,25,29). The number of halogens is 1. The maximum absolute atomic E-state index is 13.1. The molecule has 170 valence electrons. The molecular weight excluding hydrogens is 450 g/mol. The van der Waals surface area contributed by atoms with Crippen molar-refractivity contribution in [2.45, 2.75) is 42.8 Å². The number of amides is 3. The van der Waals surface area contributed by atoms with Crippen molar-refractivity contribution in [1.82, 2.24) is 15.1 Å². The minimum atomic E-state index is -3.33. The van der Waals surface area contributed by atoms with Crippen molar-refractivity contribution in [2.24, 2.45) is 0 Å². The summed E-state index contributed by atoms with van der Waals surface area (Å²) >= 11 is 5.93. The molecule has 9 heteroatoms. The molecule has 1 N–H and O–H groups in total. The lowest BCUT2D eigenvalue weighted by molar-refractivity contribution is -0.134. The van der Waals surface area contributed by atoms with Crippen molar-refractivity contribution in [3.63, 3.8) is 0 Å².